The van der Waals surface area contributed by atoms with E-state index in [1.807, 2.05) is 24.3 Å². The third-order valence-corrected chi connectivity index (χ3v) is 3.50. The lowest BCUT2D eigenvalue weighted by atomic mass is 10.0. The van der Waals surface area contributed by atoms with Crippen LogP contribution in [0.5, 0.6) is 0 Å². The molecule has 4 heteroatoms. The minimum Gasteiger partial charge on any atom is -0.378 e. The van der Waals surface area contributed by atoms with Gasteiger partial charge in [-0.25, -0.2) is 0 Å². The van der Waals surface area contributed by atoms with E-state index in [2.05, 4.69) is 24.4 Å². The van der Waals surface area contributed by atoms with Gasteiger partial charge in [-0.15, -0.1) is 0 Å². The molecule has 20 heavy (non-hydrogen) atoms. The number of hydrogen-bond donors (Lipinski definition) is 2. The van der Waals surface area contributed by atoms with Gasteiger partial charge in [-0.2, -0.15) is 0 Å². The molecule has 0 bridgehead atoms. The van der Waals surface area contributed by atoms with E-state index >= 15 is 0 Å². The molecule has 2 aromatic carbocycles. The Morgan fingerprint density at radius 1 is 1.25 bits per heavy atom. The lowest BCUT2D eigenvalue weighted by Crippen LogP contribution is -2.13. The third kappa shape index (κ3) is 3.31. The fourth-order valence-electron chi connectivity index (χ4n) is 2.11. The molecule has 1 amide bonds. The summed E-state index contributed by atoms with van der Waals surface area (Å²) in [6.07, 6.45) is 0.944. The molecule has 0 aliphatic carbocycles. The van der Waals surface area contributed by atoms with E-state index in [-0.39, 0.29) is 6.04 Å². The van der Waals surface area contributed by atoms with Crippen molar-refractivity contribution < 1.29 is 4.79 Å². The zero-order valence-corrected chi connectivity index (χ0v) is 12.0. The normalized spacial score (nSPS) is 11.9. The van der Waals surface area contributed by atoms with Crippen LogP contribution in [0.3, 0.4) is 0 Å². The summed E-state index contributed by atoms with van der Waals surface area (Å²) >= 11 is 6.06. The number of halogens is 1. The van der Waals surface area contributed by atoms with E-state index in [4.69, 9.17) is 17.3 Å². The van der Waals surface area contributed by atoms with Crippen LogP contribution in [-0.4, -0.2) is 5.91 Å². The number of carbonyl (C=O) groups is 1. The number of carbonyl (C=O) groups excluding carboxylic acids is 1. The maximum absolute atomic E-state index is 11.2. The van der Waals surface area contributed by atoms with Crippen molar-refractivity contribution in [2.45, 2.75) is 19.4 Å². The molecule has 0 aliphatic rings. The molecule has 0 radical (unpaired) electrons. The minimum absolute atomic E-state index is 0.201. The van der Waals surface area contributed by atoms with Gasteiger partial charge in [0.1, 0.15) is 0 Å². The van der Waals surface area contributed by atoms with Crippen molar-refractivity contribution in [3.05, 3.63) is 64.7 Å². The number of primary amides is 1. The fraction of sp³-hybridized carbons (Fsp3) is 0.188. The van der Waals surface area contributed by atoms with Crippen molar-refractivity contribution in [1.82, 2.24) is 0 Å². The van der Waals surface area contributed by atoms with Gasteiger partial charge in [-0.05, 0) is 30.2 Å². The molecule has 2 aromatic rings. The Morgan fingerprint density at radius 2 is 1.95 bits per heavy atom. The van der Waals surface area contributed by atoms with Crippen molar-refractivity contribution in [2.75, 3.05) is 5.32 Å². The monoisotopic (exact) mass is 288 g/mol. The number of benzene rings is 2. The Hall–Kier alpha value is -2.00. The first-order chi connectivity index (χ1) is 9.61. The van der Waals surface area contributed by atoms with Crippen LogP contribution < -0.4 is 11.1 Å². The zero-order chi connectivity index (χ0) is 14.5. The summed E-state index contributed by atoms with van der Waals surface area (Å²) in [5.41, 5.74) is 7.66. The second-order valence-electron chi connectivity index (χ2n) is 4.57. The van der Waals surface area contributed by atoms with Crippen LogP contribution in [0.25, 0.3) is 0 Å². The second-order valence-corrected chi connectivity index (χ2v) is 4.98. The highest BCUT2D eigenvalue weighted by Crippen LogP contribution is 2.26. The number of nitrogens with one attached hydrogen (secondary N) is 1. The average molecular weight is 289 g/mol. The first-order valence-corrected chi connectivity index (χ1v) is 6.90. The smallest absolute Gasteiger partial charge is 0.250 e. The molecule has 1 unspecified atom stereocenters. The average Bonchev–Trinajstić information content (AvgIpc) is 2.45. The van der Waals surface area contributed by atoms with E-state index in [0.29, 0.717) is 10.6 Å². The van der Waals surface area contributed by atoms with Gasteiger partial charge in [-0.1, -0.05) is 48.9 Å². The summed E-state index contributed by atoms with van der Waals surface area (Å²) in [6, 6.07) is 15.6. The molecule has 0 heterocycles. The van der Waals surface area contributed by atoms with E-state index in [9.17, 15) is 4.79 Å². The van der Waals surface area contributed by atoms with Gasteiger partial charge >= 0.3 is 0 Å². The highest BCUT2D eigenvalue weighted by Gasteiger charge is 2.11. The zero-order valence-electron chi connectivity index (χ0n) is 11.3. The molecular formula is C16H17ClN2O. The summed E-state index contributed by atoms with van der Waals surface area (Å²) in [5.74, 6) is -0.517. The molecule has 1 atom stereocenters. The predicted octanol–water partition coefficient (Wildman–Crippen LogP) is 4.00. The second kappa shape index (κ2) is 6.44. The highest BCUT2D eigenvalue weighted by molar-refractivity contribution is 6.34. The van der Waals surface area contributed by atoms with Crippen LogP contribution in [0.1, 0.15) is 35.3 Å². The van der Waals surface area contributed by atoms with Crippen molar-refractivity contribution in [3.63, 3.8) is 0 Å². The molecule has 0 aromatic heterocycles. The fourth-order valence-corrected chi connectivity index (χ4v) is 2.39. The van der Waals surface area contributed by atoms with E-state index in [1.165, 1.54) is 5.56 Å². The molecule has 2 rings (SSSR count). The van der Waals surface area contributed by atoms with Crippen molar-refractivity contribution in [1.29, 1.82) is 0 Å². The lowest BCUT2D eigenvalue weighted by Gasteiger charge is -2.19. The van der Waals surface area contributed by atoms with Gasteiger partial charge in [0, 0.05) is 5.69 Å². The molecule has 0 saturated carbocycles. The first kappa shape index (κ1) is 14.4. The van der Waals surface area contributed by atoms with Gasteiger partial charge in [0.25, 0.3) is 0 Å². The van der Waals surface area contributed by atoms with Crippen molar-refractivity contribution in [3.8, 4) is 0 Å². The minimum atomic E-state index is -0.517. The van der Waals surface area contributed by atoms with Crippen LogP contribution in [0.15, 0.2) is 48.5 Å². The predicted molar refractivity (Wildman–Crippen MR) is 83.1 cm³/mol. The van der Waals surface area contributed by atoms with E-state index in [1.54, 1.807) is 12.1 Å². The van der Waals surface area contributed by atoms with Gasteiger partial charge in [0.2, 0.25) is 5.91 Å². The Balaban J connectivity index is 2.20. The van der Waals surface area contributed by atoms with E-state index in [0.717, 1.165) is 12.1 Å². The van der Waals surface area contributed by atoms with Crippen LogP contribution in [0.2, 0.25) is 5.02 Å². The molecule has 3 nitrogen and oxygen atoms in total. The summed E-state index contributed by atoms with van der Waals surface area (Å²) in [5, 5.41) is 3.78. The maximum atomic E-state index is 11.2. The van der Waals surface area contributed by atoms with Gasteiger partial charge < -0.3 is 11.1 Å². The number of amides is 1. The van der Waals surface area contributed by atoms with Gasteiger partial charge in [0.15, 0.2) is 0 Å². The summed E-state index contributed by atoms with van der Waals surface area (Å²) in [4.78, 5) is 11.2. The molecule has 0 aliphatic heterocycles. The van der Waals surface area contributed by atoms with Gasteiger partial charge in [-0.3, -0.25) is 4.79 Å². The Kier molecular flexibility index (Phi) is 4.64. The Bertz CT molecular complexity index is 599. The van der Waals surface area contributed by atoms with Crippen molar-refractivity contribution >= 4 is 23.2 Å². The quantitative estimate of drug-likeness (QED) is 0.873. The third-order valence-electron chi connectivity index (χ3n) is 3.19. The SMILES string of the molecule is CCC(Nc1ccc(C(N)=O)c(Cl)c1)c1ccccc1. The molecule has 104 valence electrons. The topological polar surface area (TPSA) is 55.1 Å². The maximum Gasteiger partial charge on any atom is 0.250 e. The van der Waals surface area contributed by atoms with Crippen LogP contribution >= 0.6 is 11.6 Å². The number of nitrogens with two attached hydrogens (primary N) is 1. The van der Waals surface area contributed by atoms with E-state index < -0.39 is 5.91 Å². The molecular weight excluding hydrogens is 272 g/mol. The summed E-state index contributed by atoms with van der Waals surface area (Å²) < 4.78 is 0. The highest BCUT2D eigenvalue weighted by atomic mass is 35.5. The summed E-state index contributed by atoms with van der Waals surface area (Å²) in [6.45, 7) is 2.12. The Morgan fingerprint density at radius 3 is 2.50 bits per heavy atom. The van der Waals surface area contributed by atoms with Gasteiger partial charge in [0.05, 0.1) is 16.6 Å². The molecule has 0 spiro atoms. The number of rotatable bonds is 5. The number of anilines is 1. The Labute approximate surface area is 123 Å². The standard InChI is InChI=1S/C16H17ClN2O/c1-2-15(11-6-4-3-5-7-11)19-12-8-9-13(16(18)20)14(17)10-12/h3-10,15,19H,2H2,1H3,(H2,18,20). The van der Waals surface area contributed by atoms with Crippen LogP contribution in [-0.2, 0) is 0 Å². The van der Waals surface area contributed by atoms with Crippen molar-refractivity contribution in [2.24, 2.45) is 5.73 Å². The van der Waals surface area contributed by atoms with Crippen LogP contribution in [0.4, 0.5) is 5.69 Å². The molecule has 0 saturated heterocycles. The number of hydrogen-bond acceptors (Lipinski definition) is 2. The molecule has 3 N–H and O–H groups in total. The van der Waals surface area contributed by atoms with Crippen LogP contribution in [0, 0.1) is 0 Å². The lowest BCUT2D eigenvalue weighted by molar-refractivity contribution is 0.100. The largest absolute Gasteiger partial charge is 0.378 e. The first-order valence-electron chi connectivity index (χ1n) is 6.52. The summed E-state index contributed by atoms with van der Waals surface area (Å²) in [7, 11) is 0. The molecule has 0 fully saturated rings.